The molecule has 0 amide bonds. The highest BCUT2D eigenvalue weighted by Gasteiger charge is 2.34. The van der Waals surface area contributed by atoms with Gasteiger partial charge in [0.1, 0.15) is 0 Å². The zero-order chi connectivity index (χ0) is 15.2. The van der Waals surface area contributed by atoms with Gasteiger partial charge >= 0.3 is 0 Å². The van der Waals surface area contributed by atoms with Crippen molar-refractivity contribution in [1.82, 2.24) is 10.2 Å². The Morgan fingerprint density at radius 3 is 2.57 bits per heavy atom. The zero-order valence-corrected chi connectivity index (χ0v) is 14.2. The average molecular weight is 288 g/mol. The third kappa shape index (κ3) is 4.08. The van der Waals surface area contributed by atoms with E-state index >= 15 is 0 Å². The second-order valence-corrected chi connectivity index (χ2v) is 6.69. The highest BCUT2D eigenvalue weighted by atomic mass is 15.2. The van der Waals surface area contributed by atoms with Gasteiger partial charge in [-0.2, -0.15) is 0 Å². The van der Waals surface area contributed by atoms with Gasteiger partial charge in [0, 0.05) is 18.1 Å². The van der Waals surface area contributed by atoms with Gasteiger partial charge in [-0.25, -0.2) is 0 Å². The number of hydrogen-bond donors (Lipinski definition) is 1. The second-order valence-electron chi connectivity index (χ2n) is 6.69. The Kier molecular flexibility index (Phi) is 6.25. The lowest BCUT2D eigenvalue weighted by atomic mass is 9.78. The molecule has 1 aromatic carbocycles. The Hall–Kier alpha value is -0.860. The Morgan fingerprint density at radius 2 is 1.95 bits per heavy atom. The molecule has 0 heterocycles. The summed E-state index contributed by atoms with van der Waals surface area (Å²) in [5.74, 6) is 0.720. The van der Waals surface area contributed by atoms with E-state index in [-0.39, 0.29) is 0 Å². The number of hydrogen-bond acceptors (Lipinski definition) is 2. The maximum atomic E-state index is 3.56. The van der Waals surface area contributed by atoms with Crippen LogP contribution in [-0.4, -0.2) is 37.1 Å². The van der Waals surface area contributed by atoms with Crippen molar-refractivity contribution in [2.75, 3.05) is 14.1 Å². The minimum absolute atomic E-state index is 0.634. The normalized spacial score (nSPS) is 27.8. The van der Waals surface area contributed by atoms with E-state index in [1.54, 1.807) is 0 Å². The maximum absolute atomic E-state index is 3.56. The molecule has 0 saturated heterocycles. The SMILES string of the molecule is CCCC(C)N(C)C1CC(c2ccccc2)CCC1NC. The quantitative estimate of drug-likeness (QED) is 0.850. The van der Waals surface area contributed by atoms with Gasteiger partial charge in [-0.1, -0.05) is 43.7 Å². The predicted molar refractivity (Wildman–Crippen MR) is 91.8 cm³/mol. The molecule has 0 aliphatic heterocycles. The predicted octanol–water partition coefficient (Wildman–Crippen LogP) is 4.03. The third-order valence-corrected chi connectivity index (χ3v) is 5.38. The van der Waals surface area contributed by atoms with Crippen molar-refractivity contribution in [3.63, 3.8) is 0 Å². The Morgan fingerprint density at radius 1 is 1.24 bits per heavy atom. The molecule has 1 N–H and O–H groups in total. The lowest BCUT2D eigenvalue weighted by Crippen LogP contribution is -2.53. The highest BCUT2D eigenvalue weighted by molar-refractivity contribution is 5.21. The first-order chi connectivity index (χ1) is 10.2. The lowest BCUT2D eigenvalue weighted by Gasteiger charge is -2.43. The number of rotatable bonds is 6. The minimum Gasteiger partial charge on any atom is -0.315 e. The smallest absolute Gasteiger partial charge is 0.0254 e. The number of benzene rings is 1. The average Bonchev–Trinajstić information content (AvgIpc) is 2.54. The van der Waals surface area contributed by atoms with Gasteiger partial charge < -0.3 is 5.32 Å². The number of likely N-dealkylation sites (N-methyl/N-ethyl adjacent to an activating group) is 2. The van der Waals surface area contributed by atoms with Crippen LogP contribution in [0.3, 0.4) is 0 Å². The molecule has 4 atom stereocenters. The maximum Gasteiger partial charge on any atom is 0.0254 e. The van der Waals surface area contributed by atoms with Gasteiger partial charge in [0.05, 0.1) is 0 Å². The summed E-state index contributed by atoms with van der Waals surface area (Å²) in [4.78, 5) is 2.62. The summed E-state index contributed by atoms with van der Waals surface area (Å²) in [6.45, 7) is 4.66. The van der Waals surface area contributed by atoms with Crippen molar-refractivity contribution in [3.8, 4) is 0 Å². The van der Waals surface area contributed by atoms with Crippen LogP contribution >= 0.6 is 0 Å². The highest BCUT2D eigenvalue weighted by Crippen LogP contribution is 2.35. The van der Waals surface area contributed by atoms with E-state index in [1.807, 2.05) is 0 Å². The molecule has 21 heavy (non-hydrogen) atoms. The molecular formula is C19H32N2. The van der Waals surface area contributed by atoms with Crippen LogP contribution in [0.4, 0.5) is 0 Å². The van der Waals surface area contributed by atoms with Crippen LogP contribution in [0, 0.1) is 0 Å². The van der Waals surface area contributed by atoms with Crippen molar-refractivity contribution in [2.45, 2.75) is 70.0 Å². The molecule has 2 heteroatoms. The fourth-order valence-electron chi connectivity index (χ4n) is 3.91. The van der Waals surface area contributed by atoms with Crippen molar-refractivity contribution < 1.29 is 0 Å². The van der Waals surface area contributed by atoms with E-state index in [0.717, 1.165) is 5.92 Å². The van der Waals surface area contributed by atoms with Crippen LogP contribution in [0.15, 0.2) is 30.3 Å². The van der Waals surface area contributed by atoms with Crippen molar-refractivity contribution in [2.24, 2.45) is 0 Å². The topological polar surface area (TPSA) is 15.3 Å². The summed E-state index contributed by atoms with van der Waals surface area (Å²) in [5.41, 5.74) is 1.52. The van der Waals surface area contributed by atoms with Crippen LogP contribution in [-0.2, 0) is 0 Å². The van der Waals surface area contributed by atoms with Crippen molar-refractivity contribution in [1.29, 1.82) is 0 Å². The van der Waals surface area contributed by atoms with Gasteiger partial charge in [0.25, 0.3) is 0 Å². The van der Waals surface area contributed by atoms with E-state index in [9.17, 15) is 0 Å². The van der Waals surface area contributed by atoms with Crippen molar-refractivity contribution in [3.05, 3.63) is 35.9 Å². The molecule has 0 bridgehead atoms. The molecule has 0 radical (unpaired) electrons. The summed E-state index contributed by atoms with van der Waals surface area (Å²) in [6, 6.07) is 13.0. The minimum atomic E-state index is 0.634. The van der Waals surface area contributed by atoms with E-state index < -0.39 is 0 Å². The summed E-state index contributed by atoms with van der Waals surface area (Å²) in [6.07, 6.45) is 6.43. The van der Waals surface area contributed by atoms with Gasteiger partial charge in [-0.15, -0.1) is 0 Å². The molecule has 4 unspecified atom stereocenters. The molecule has 0 aromatic heterocycles. The molecule has 2 rings (SSSR count). The molecule has 1 aliphatic rings. The van der Waals surface area contributed by atoms with E-state index in [1.165, 1.54) is 37.7 Å². The third-order valence-electron chi connectivity index (χ3n) is 5.38. The Balaban J connectivity index is 2.09. The zero-order valence-electron chi connectivity index (χ0n) is 14.2. The van der Waals surface area contributed by atoms with Gasteiger partial charge in [0.2, 0.25) is 0 Å². The van der Waals surface area contributed by atoms with Crippen LogP contribution < -0.4 is 5.32 Å². The van der Waals surface area contributed by atoms with Crippen LogP contribution in [0.1, 0.15) is 57.4 Å². The first-order valence-corrected chi connectivity index (χ1v) is 8.61. The molecule has 1 aliphatic carbocycles. The monoisotopic (exact) mass is 288 g/mol. The van der Waals surface area contributed by atoms with Crippen LogP contribution in [0.2, 0.25) is 0 Å². The molecule has 1 aromatic rings. The van der Waals surface area contributed by atoms with Crippen LogP contribution in [0.5, 0.6) is 0 Å². The first kappa shape index (κ1) is 16.5. The van der Waals surface area contributed by atoms with Gasteiger partial charge in [0.15, 0.2) is 0 Å². The fourth-order valence-corrected chi connectivity index (χ4v) is 3.91. The summed E-state index contributed by atoms with van der Waals surface area (Å²) in [7, 11) is 4.45. The van der Waals surface area contributed by atoms with Crippen LogP contribution in [0.25, 0.3) is 0 Å². The lowest BCUT2D eigenvalue weighted by molar-refractivity contribution is 0.103. The summed E-state index contributed by atoms with van der Waals surface area (Å²) >= 11 is 0. The second kappa shape index (κ2) is 7.95. The van der Waals surface area contributed by atoms with Gasteiger partial charge in [-0.05, 0) is 58.2 Å². The Labute approximate surface area is 130 Å². The van der Waals surface area contributed by atoms with E-state index in [2.05, 4.69) is 68.5 Å². The molecule has 1 fully saturated rings. The molecule has 118 valence electrons. The standard InChI is InChI=1S/C19H32N2/c1-5-9-15(2)21(4)19-14-17(12-13-18(19)20-3)16-10-7-6-8-11-16/h6-8,10-11,15,17-20H,5,9,12-14H2,1-4H3. The molecule has 2 nitrogen and oxygen atoms in total. The van der Waals surface area contributed by atoms with Crippen molar-refractivity contribution >= 4 is 0 Å². The largest absolute Gasteiger partial charge is 0.315 e. The summed E-state index contributed by atoms with van der Waals surface area (Å²) < 4.78 is 0. The molecular weight excluding hydrogens is 256 g/mol. The van der Waals surface area contributed by atoms with E-state index in [0.29, 0.717) is 18.1 Å². The van der Waals surface area contributed by atoms with Gasteiger partial charge in [-0.3, -0.25) is 4.90 Å². The first-order valence-electron chi connectivity index (χ1n) is 8.61. The fraction of sp³-hybridized carbons (Fsp3) is 0.684. The summed E-state index contributed by atoms with van der Waals surface area (Å²) in [5, 5.41) is 3.56. The molecule has 1 saturated carbocycles. The van der Waals surface area contributed by atoms with E-state index in [4.69, 9.17) is 0 Å². The number of nitrogens with one attached hydrogen (secondary N) is 1. The molecule has 0 spiro atoms. The number of nitrogens with zero attached hydrogens (tertiary/aromatic N) is 1. The Bertz CT molecular complexity index is 403.